The van der Waals surface area contributed by atoms with Crippen molar-refractivity contribution in [2.24, 2.45) is 0 Å². The lowest BCUT2D eigenvalue weighted by atomic mass is 10.0. The lowest BCUT2D eigenvalue weighted by molar-refractivity contribution is -0.384. The van der Waals surface area contributed by atoms with Crippen LogP contribution in [0.5, 0.6) is 0 Å². The first-order valence-corrected chi connectivity index (χ1v) is 7.04. The highest BCUT2D eigenvalue weighted by molar-refractivity contribution is 5.99. The molecule has 2 aromatic carbocycles. The number of nitrogens with zero attached hydrogens (tertiary/aromatic N) is 2. The van der Waals surface area contributed by atoms with E-state index in [0.29, 0.717) is 11.1 Å². The summed E-state index contributed by atoms with van der Waals surface area (Å²) in [6.07, 6.45) is 1.77. The average molecular weight is 303 g/mol. The number of nitro benzene ring substituents is 1. The highest BCUT2D eigenvalue weighted by Gasteiger charge is 2.11. The number of nitrogens with one attached hydrogen (secondary N) is 1. The highest BCUT2D eigenvalue weighted by atomic mass is 16.6. The van der Waals surface area contributed by atoms with Crippen molar-refractivity contribution < 1.29 is 4.92 Å². The first kappa shape index (κ1) is 14.5. The minimum atomic E-state index is -0.463. The van der Waals surface area contributed by atoms with Crippen LogP contribution >= 0.6 is 0 Å². The summed E-state index contributed by atoms with van der Waals surface area (Å²) >= 11 is 0. The molecule has 0 fully saturated rings. The van der Waals surface area contributed by atoms with Crippen LogP contribution in [0.15, 0.2) is 48.5 Å². The van der Waals surface area contributed by atoms with E-state index in [0.717, 1.165) is 22.2 Å². The monoisotopic (exact) mass is 303 g/mol. The Labute approximate surface area is 132 Å². The molecular formula is C18H13N3O2. The largest absolute Gasteiger partial charge is 0.358 e. The molecule has 0 spiro atoms. The van der Waals surface area contributed by atoms with Crippen LogP contribution in [-0.2, 0) is 0 Å². The molecular weight excluding hydrogens is 290 g/mol. The van der Waals surface area contributed by atoms with Crippen LogP contribution in [0, 0.1) is 28.4 Å². The van der Waals surface area contributed by atoms with Gasteiger partial charge in [0.2, 0.25) is 0 Å². The Balaban J connectivity index is 2.15. The minimum absolute atomic E-state index is 0.0284. The summed E-state index contributed by atoms with van der Waals surface area (Å²) in [6.45, 7) is 1.94. The molecule has 23 heavy (non-hydrogen) atoms. The van der Waals surface area contributed by atoms with Crippen molar-refractivity contribution in [3.8, 4) is 6.07 Å². The first-order chi connectivity index (χ1) is 11.1. The predicted octanol–water partition coefficient (Wildman–Crippen LogP) is 4.45. The Hall–Kier alpha value is -3.39. The van der Waals surface area contributed by atoms with E-state index in [4.69, 9.17) is 0 Å². The van der Waals surface area contributed by atoms with Gasteiger partial charge in [-0.15, -0.1) is 0 Å². The molecule has 0 atom stereocenters. The second kappa shape index (κ2) is 5.78. The van der Waals surface area contributed by atoms with E-state index >= 15 is 0 Å². The van der Waals surface area contributed by atoms with Gasteiger partial charge in [0.15, 0.2) is 0 Å². The lowest BCUT2D eigenvalue weighted by Crippen LogP contribution is -1.90. The van der Waals surface area contributed by atoms with Gasteiger partial charge in [-0.2, -0.15) is 5.26 Å². The molecule has 0 unspecified atom stereocenters. The molecule has 1 heterocycles. The number of rotatable bonds is 3. The van der Waals surface area contributed by atoms with Crippen molar-refractivity contribution in [1.29, 1.82) is 5.26 Å². The minimum Gasteiger partial charge on any atom is -0.358 e. The van der Waals surface area contributed by atoms with Crippen LogP contribution in [0.3, 0.4) is 0 Å². The maximum Gasteiger partial charge on any atom is 0.270 e. The van der Waals surface area contributed by atoms with E-state index in [1.165, 1.54) is 12.1 Å². The van der Waals surface area contributed by atoms with Crippen LogP contribution in [0.2, 0.25) is 0 Å². The zero-order valence-corrected chi connectivity index (χ0v) is 12.4. The van der Waals surface area contributed by atoms with Gasteiger partial charge in [0, 0.05) is 34.3 Å². The molecule has 3 aromatic rings. The molecule has 0 saturated heterocycles. The predicted molar refractivity (Wildman–Crippen MR) is 89.6 cm³/mol. The van der Waals surface area contributed by atoms with Gasteiger partial charge in [-0.05, 0) is 24.6 Å². The molecule has 0 aliphatic rings. The Kier molecular flexibility index (Phi) is 3.65. The lowest BCUT2D eigenvalue weighted by Gasteiger charge is -2.00. The Morgan fingerprint density at radius 2 is 2.04 bits per heavy atom. The van der Waals surface area contributed by atoms with Crippen LogP contribution in [0.25, 0.3) is 22.6 Å². The number of aryl methyl sites for hydroxylation is 1. The van der Waals surface area contributed by atoms with Gasteiger partial charge in [0.1, 0.15) is 0 Å². The number of nitriles is 1. The van der Waals surface area contributed by atoms with Gasteiger partial charge < -0.3 is 4.98 Å². The zero-order chi connectivity index (χ0) is 16.4. The van der Waals surface area contributed by atoms with Gasteiger partial charge in [-0.1, -0.05) is 30.3 Å². The van der Waals surface area contributed by atoms with E-state index in [1.54, 1.807) is 18.2 Å². The number of allylic oxidation sites excluding steroid dienone is 1. The molecule has 1 N–H and O–H groups in total. The fourth-order valence-corrected chi connectivity index (χ4v) is 2.60. The third-order valence-corrected chi connectivity index (χ3v) is 3.72. The van der Waals surface area contributed by atoms with E-state index in [-0.39, 0.29) is 5.69 Å². The highest BCUT2D eigenvalue weighted by Crippen LogP contribution is 2.28. The molecule has 3 rings (SSSR count). The van der Waals surface area contributed by atoms with Gasteiger partial charge in [0.05, 0.1) is 16.6 Å². The summed E-state index contributed by atoms with van der Waals surface area (Å²) in [6, 6.07) is 16.1. The van der Waals surface area contributed by atoms with Crippen molar-refractivity contribution in [2.45, 2.75) is 6.92 Å². The molecule has 112 valence electrons. The van der Waals surface area contributed by atoms with Crippen molar-refractivity contribution in [1.82, 2.24) is 4.98 Å². The third kappa shape index (κ3) is 2.70. The molecule has 1 aromatic heterocycles. The Bertz CT molecular complexity index is 977. The second-order valence-electron chi connectivity index (χ2n) is 5.19. The van der Waals surface area contributed by atoms with E-state index < -0.39 is 4.92 Å². The van der Waals surface area contributed by atoms with Gasteiger partial charge >= 0.3 is 0 Å². The number of non-ortho nitro benzene ring substituents is 1. The number of hydrogen-bond donors (Lipinski definition) is 1. The number of benzene rings is 2. The molecule has 0 aliphatic carbocycles. The van der Waals surface area contributed by atoms with Crippen LogP contribution in [0.4, 0.5) is 5.69 Å². The molecule has 0 saturated carbocycles. The summed E-state index contributed by atoms with van der Waals surface area (Å²) in [5, 5.41) is 21.4. The molecule has 5 nitrogen and oxygen atoms in total. The zero-order valence-electron chi connectivity index (χ0n) is 12.4. The Morgan fingerprint density at radius 1 is 1.26 bits per heavy atom. The number of fused-ring (bicyclic) bond motifs is 1. The van der Waals surface area contributed by atoms with Crippen molar-refractivity contribution in [3.05, 3.63) is 75.5 Å². The standard InChI is InChI=1S/C18H13N3O2/c1-12-17(16-7-2-3-8-18(16)20-12)10-14(11-19)13-5-4-6-15(9-13)21(22)23/h2-10,20H,1H3. The smallest absolute Gasteiger partial charge is 0.270 e. The number of aromatic nitrogens is 1. The van der Waals surface area contributed by atoms with Crippen LogP contribution in [-0.4, -0.2) is 9.91 Å². The second-order valence-corrected chi connectivity index (χ2v) is 5.19. The molecule has 5 heteroatoms. The number of hydrogen-bond acceptors (Lipinski definition) is 3. The maximum absolute atomic E-state index is 10.9. The normalized spacial score (nSPS) is 11.4. The van der Waals surface area contributed by atoms with Crippen molar-refractivity contribution in [3.63, 3.8) is 0 Å². The van der Waals surface area contributed by atoms with Gasteiger partial charge in [-0.25, -0.2) is 0 Å². The summed E-state index contributed by atoms with van der Waals surface area (Å²) in [5.41, 5.74) is 3.76. The van der Waals surface area contributed by atoms with Crippen LogP contribution in [0.1, 0.15) is 16.8 Å². The number of aromatic amines is 1. The molecule has 0 amide bonds. The molecule has 0 radical (unpaired) electrons. The number of nitro groups is 1. The topological polar surface area (TPSA) is 82.7 Å². The summed E-state index contributed by atoms with van der Waals surface area (Å²) in [7, 11) is 0. The van der Waals surface area contributed by atoms with Crippen molar-refractivity contribution in [2.75, 3.05) is 0 Å². The number of para-hydroxylation sites is 1. The van der Waals surface area contributed by atoms with Crippen molar-refractivity contribution >= 4 is 28.2 Å². The summed E-state index contributed by atoms with van der Waals surface area (Å²) in [4.78, 5) is 13.7. The van der Waals surface area contributed by atoms with Gasteiger partial charge in [-0.3, -0.25) is 10.1 Å². The summed E-state index contributed by atoms with van der Waals surface area (Å²) < 4.78 is 0. The average Bonchev–Trinajstić information content (AvgIpc) is 2.88. The third-order valence-electron chi connectivity index (χ3n) is 3.72. The quantitative estimate of drug-likeness (QED) is 0.441. The van der Waals surface area contributed by atoms with E-state index in [2.05, 4.69) is 11.1 Å². The fraction of sp³-hybridized carbons (Fsp3) is 0.0556. The van der Waals surface area contributed by atoms with Gasteiger partial charge in [0.25, 0.3) is 5.69 Å². The fourth-order valence-electron chi connectivity index (χ4n) is 2.60. The molecule has 0 aliphatic heterocycles. The van der Waals surface area contributed by atoms with E-state index in [1.807, 2.05) is 31.2 Å². The number of H-pyrrole nitrogens is 1. The summed E-state index contributed by atoms with van der Waals surface area (Å²) in [5.74, 6) is 0. The SMILES string of the molecule is Cc1[nH]c2ccccc2c1C=C(C#N)c1cccc([N+](=O)[O-])c1. The maximum atomic E-state index is 10.9. The van der Waals surface area contributed by atoms with E-state index in [9.17, 15) is 15.4 Å². The molecule has 0 bridgehead atoms. The Morgan fingerprint density at radius 3 is 2.78 bits per heavy atom. The first-order valence-electron chi connectivity index (χ1n) is 7.04. The van der Waals surface area contributed by atoms with Crippen LogP contribution < -0.4 is 0 Å².